The van der Waals surface area contributed by atoms with Gasteiger partial charge in [-0.2, -0.15) is 0 Å². The van der Waals surface area contributed by atoms with Gasteiger partial charge in [0.05, 0.1) is 10.7 Å². The standard InChI is InChI=1S/C10H7N2/c1-2-10-9-6-4-3-5-8(9)7-11-12-10/h1-7H/q+1. The average molecular weight is 155 g/mol. The first-order chi connectivity index (χ1) is 5.92. The Bertz CT molecular complexity index is 375. The summed E-state index contributed by atoms with van der Waals surface area (Å²) in [5.41, 5.74) is 2.83. The predicted octanol–water partition coefficient (Wildman–Crippen LogP) is 1.15. The summed E-state index contributed by atoms with van der Waals surface area (Å²) in [6.07, 6.45) is 3.19. The van der Waals surface area contributed by atoms with Crippen LogP contribution in [-0.2, 0) is 0 Å². The van der Waals surface area contributed by atoms with Gasteiger partial charge in [-0.25, -0.2) is 0 Å². The van der Waals surface area contributed by atoms with Crippen LogP contribution in [-0.4, -0.2) is 11.9 Å². The van der Waals surface area contributed by atoms with E-state index < -0.39 is 0 Å². The van der Waals surface area contributed by atoms with E-state index in [1.807, 2.05) is 24.3 Å². The Morgan fingerprint density at radius 3 is 3.00 bits per heavy atom. The molecule has 0 N–H and O–H groups in total. The first-order valence-electron chi connectivity index (χ1n) is 3.67. The molecule has 1 aliphatic rings. The van der Waals surface area contributed by atoms with E-state index in [4.69, 9.17) is 6.58 Å². The van der Waals surface area contributed by atoms with Crippen molar-refractivity contribution in [1.29, 1.82) is 0 Å². The third-order valence-corrected chi connectivity index (χ3v) is 1.76. The number of benzene rings is 1. The maximum Gasteiger partial charge on any atom is 0.320 e. The second-order valence-corrected chi connectivity index (χ2v) is 2.48. The summed E-state index contributed by atoms with van der Waals surface area (Å²) in [7, 11) is 0. The van der Waals surface area contributed by atoms with Gasteiger partial charge in [0.2, 0.25) is 5.10 Å². The maximum atomic E-state index is 5.39. The van der Waals surface area contributed by atoms with Gasteiger partial charge in [-0.15, -0.1) is 0 Å². The van der Waals surface area contributed by atoms with Crippen molar-refractivity contribution in [2.24, 2.45) is 5.10 Å². The zero-order valence-corrected chi connectivity index (χ0v) is 6.44. The van der Waals surface area contributed by atoms with Crippen molar-refractivity contribution in [3.05, 3.63) is 48.0 Å². The topological polar surface area (TPSA) is 26.5 Å². The van der Waals surface area contributed by atoms with Crippen LogP contribution in [0.15, 0.2) is 35.4 Å². The summed E-state index contributed by atoms with van der Waals surface area (Å²) < 4.78 is 0. The van der Waals surface area contributed by atoms with E-state index in [0.717, 1.165) is 16.8 Å². The molecule has 0 spiro atoms. The molecule has 2 nitrogen and oxygen atoms in total. The van der Waals surface area contributed by atoms with Crippen molar-refractivity contribution in [2.45, 2.75) is 0 Å². The maximum absolute atomic E-state index is 5.39. The third-order valence-electron chi connectivity index (χ3n) is 1.76. The Labute approximate surface area is 71.0 Å². The Morgan fingerprint density at radius 1 is 1.33 bits per heavy atom. The normalized spacial score (nSPS) is 13.5. The summed E-state index contributed by atoms with van der Waals surface area (Å²) in [6, 6.07) is 7.88. The fourth-order valence-corrected chi connectivity index (χ4v) is 1.17. The molecule has 1 aliphatic heterocycles. The monoisotopic (exact) mass is 155 g/mol. The van der Waals surface area contributed by atoms with Gasteiger partial charge in [0, 0.05) is 11.6 Å². The van der Waals surface area contributed by atoms with E-state index in [-0.39, 0.29) is 0 Å². The second kappa shape index (κ2) is 2.74. The van der Waals surface area contributed by atoms with Crippen LogP contribution < -0.4 is 5.10 Å². The summed E-state index contributed by atoms with van der Waals surface area (Å²) >= 11 is 0. The van der Waals surface area contributed by atoms with Gasteiger partial charge in [-0.05, 0) is 6.07 Å². The van der Waals surface area contributed by atoms with Gasteiger partial charge < -0.3 is 0 Å². The zero-order chi connectivity index (χ0) is 8.39. The molecule has 1 aromatic rings. The van der Waals surface area contributed by atoms with Crippen LogP contribution >= 0.6 is 0 Å². The fraction of sp³-hybridized carbons (Fsp3) is 0. The van der Waals surface area contributed by atoms with Crippen molar-refractivity contribution in [3.8, 4) is 0 Å². The van der Waals surface area contributed by atoms with Crippen LogP contribution in [0.2, 0.25) is 0 Å². The lowest BCUT2D eigenvalue weighted by Gasteiger charge is -1.98. The smallest absolute Gasteiger partial charge is 0.0616 e. The van der Waals surface area contributed by atoms with Crippen LogP contribution in [0.4, 0.5) is 0 Å². The van der Waals surface area contributed by atoms with E-state index in [2.05, 4.69) is 10.2 Å². The van der Waals surface area contributed by atoms with Gasteiger partial charge in [-0.3, -0.25) is 0 Å². The minimum atomic E-state index is 0.730. The Hall–Kier alpha value is -1.70. The molecule has 56 valence electrons. The highest BCUT2D eigenvalue weighted by Gasteiger charge is 2.17. The highest BCUT2D eigenvalue weighted by Crippen LogP contribution is 2.09. The van der Waals surface area contributed by atoms with Gasteiger partial charge in [0.1, 0.15) is 6.21 Å². The SMILES string of the molecule is [CH]=CC1=[N+]N=Cc2ccccc21. The predicted molar refractivity (Wildman–Crippen MR) is 49.1 cm³/mol. The van der Waals surface area contributed by atoms with Crippen molar-refractivity contribution in [2.75, 3.05) is 0 Å². The minimum Gasteiger partial charge on any atom is -0.0616 e. The number of fused-ring (bicyclic) bond motifs is 1. The highest BCUT2D eigenvalue weighted by atomic mass is 15.2. The molecule has 0 amide bonds. The molecule has 0 saturated heterocycles. The first-order valence-corrected chi connectivity index (χ1v) is 3.67. The largest absolute Gasteiger partial charge is 0.320 e. The number of hydrogen-bond donors (Lipinski definition) is 0. The van der Waals surface area contributed by atoms with Crippen LogP contribution in [0.1, 0.15) is 11.1 Å². The molecule has 0 fully saturated rings. The van der Waals surface area contributed by atoms with Crippen LogP contribution in [0.3, 0.4) is 0 Å². The number of rotatable bonds is 1. The van der Waals surface area contributed by atoms with Gasteiger partial charge in [0.25, 0.3) is 0 Å². The lowest BCUT2D eigenvalue weighted by molar-refractivity contribution is 1.09. The number of nitrogens with zero attached hydrogens (tertiary/aromatic N) is 2. The van der Waals surface area contributed by atoms with Gasteiger partial charge >= 0.3 is 5.71 Å². The number of hydrogen-bond acceptors (Lipinski definition) is 2. The molecule has 0 saturated carbocycles. The molecule has 2 rings (SSSR count). The van der Waals surface area contributed by atoms with E-state index in [1.165, 1.54) is 6.08 Å². The van der Waals surface area contributed by atoms with Gasteiger partial charge in [0.15, 0.2) is 0 Å². The van der Waals surface area contributed by atoms with Crippen molar-refractivity contribution in [1.82, 2.24) is 5.10 Å². The molecule has 0 unspecified atom stereocenters. The minimum absolute atomic E-state index is 0.730. The fourth-order valence-electron chi connectivity index (χ4n) is 1.17. The summed E-state index contributed by atoms with van der Waals surface area (Å²) in [4.78, 5) is 0. The summed E-state index contributed by atoms with van der Waals surface area (Å²) in [5.74, 6) is 0. The molecule has 12 heavy (non-hydrogen) atoms. The van der Waals surface area contributed by atoms with Crippen molar-refractivity contribution >= 4 is 11.9 Å². The molecule has 1 aromatic carbocycles. The Kier molecular flexibility index (Phi) is 1.59. The molecule has 0 bridgehead atoms. The first kappa shape index (κ1) is 6.98. The second-order valence-electron chi connectivity index (χ2n) is 2.48. The van der Waals surface area contributed by atoms with E-state index >= 15 is 0 Å². The van der Waals surface area contributed by atoms with Crippen LogP contribution in [0.25, 0.3) is 0 Å². The molecule has 0 aromatic heterocycles. The summed E-state index contributed by atoms with van der Waals surface area (Å²) in [6.45, 7) is 5.39. The number of allylic oxidation sites excluding steroid dienone is 1. The highest BCUT2D eigenvalue weighted by molar-refractivity contribution is 6.13. The molecular weight excluding hydrogens is 148 g/mol. The molecule has 2 heteroatoms. The molecular formula is C10H7N2+. The van der Waals surface area contributed by atoms with Crippen molar-refractivity contribution < 1.29 is 0 Å². The van der Waals surface area contributed by atoms with Gasteiger partial charge in [-0.1, -0.05) is 24.8 Å². The lowest BCUT2D eigenvalue weighted by atomic mass is 10.0. The summed E-state index contributed by atoms with van der Waals surface area (Å²) in [5, 5.41) is 7.72. The molecule has 1 heterocycles. The van der Waals surface area contributed by atoms with Crippen LogP contribution in [0.5, 0.6) is 0 Å². The zero-order valence-electron chi connectivity index (χ0n) is 6.44. The van der Waals surface area contributed by atoms with Crippen molar-refractivity contribution in [3.63, 3.8) is 0 Å². The molecule has 2 radical (unpaired) electrons. The average Bonchev–Trinajstić information content (AvgIpc) is 2.17. The van der Waals surface area contributed by atoms with E-state index in [0.29, 0.717) is 0 Å². The van der Waals surface area contributed by atoms with E-state index in [9.17, 15) is 0 Å². The lowest BCUT2D eigenvalue weighted by Crippen LogP contribution is -2.10. The third kappa shape index (κ3) is 0.975. The van der Waals surface area contributed by atoms with Crippen LogP contribution in [0, 0.1) is 6.58 Å². The Balaban J connectivity index is 2.64. The van der Waals surface area contributed by atoms with E-state index in [1.54, 1.807) is 6.21 Å². The quantitative estimate of drug-likeness (QED) is 0.581. The molecule has 0 aliphatic carbocycles. The molecule has 0 atom stereocenters. The Morgan fingerprint density at radius 2 is 2.17 bits per heavy atom.